The molecule has 0 aromatic heterocycles. The van der Waals surface area contributed by atoms with Gasteiger partial charge in [0.1, 0.15) is 6.04 Å². The lowest BCUT2D eigenvalue weighted by Gasteiger charge is -2.30. The maximum absolute atomic E-state index is 13.3. The van der Waals surface area contributed by atoms with Crippen LogP contribution in [0.25, 0.3) is 10.8 Å². The van der Waals surface area contributed by atoms with Crippen molar-refractivity contribution in [1.82, 2.24) is 15.5 Å². The molecule has 3 aromatic carbocycles. The summed E-state index contributed by atoms with van der Waals surface area (Å²) >= 11 is 0. The quantitative estimate of drug-likeness (QED) is 0.517. The van der Waals surface area contributed by atoms with Gasteiger partial charge in [0.25, 0.3) is 11.8 Å². The predicted octanol–water partition coefficient (Wildman–Crippen LogP) is 2.66. The van der Waals surface area contributed by atoms with Gasteiger partial charge in [0.05, 0.1) is 5.69 Å². The molecule has 3 aromatic rings. The molecule has 8 nitrogen and oxygen atoms in total. The SMILES string of the molecule is Cl.O=C1CCC(N2C(=O)c3cccc4c(Cc5ccc(C(=O)N6CCNCC6)cc5)ccc2c34)C(=O)N1. The van der Waals surface area contributed by atoms with Crippen LogP contribution in [0.15, 0.2) is 54.6 Å². The van der Waals surface area contributed by atoms with Crippen molar-refractivity contribution in [2.45, 2.75) is 25.3 Å². The summed E-state index contributed by atoms with van der Waals surface area (Å²) in [4.78, 5) is 53.7. The van der Waals surface area contributed by atoms with Crippen molar-refractivity contribution < 1.29 is 19.2 Å². The number of nitrogens with one attached hydrogen (secondary N) is 2. The second-order valence-electron chi connectivity index (χ2n) is 9.53. The number of carbonyl (C=O) groups is 4. The van der Waals surface area contributed by atoms with E-state index in [2.05, 4.69) is 10.6 Å². The number of amides is 4. The average molecular weight is 519 g/mol. The zero-order valence-electron chi connectivity index (χ0n) is 20.2. The number of piperidine rings is 1. The van der Waals surface area contributed by atoms with Crippen molar-refractivity contribution in [1.29, 1.82) is 0 Å². The second kappa shape index (κ2) is 9.95. The molecule has 0 saturated carbocycles. The van der Waals surface area contributed by atoms with Gasteiger partial charge < -0.3 is 10.2 Å². The molecule has 1 atom stereocenters. The fourth-order valence-corrected chi connectivity index (χ4v) is 5.49. The third-order valence-corrected chi connectivity index (χ3v) is 7.34. The van der Waals surface area contributed by atoms with E-state index in [4.69, 9.17) is 0 Å². The predicted molar refractivity (Wildman–Crippen MR) is 142 cm³/mol. The van der Waals surface area contributed by atoms with Crippen molar-refractivity contribution in [3.8, 4) is 0 Å². The molecule has 3 aliphatic heterocycles. The smallest absolute Gasteiger partial charge is 0.259 e. The van der Waals surface area contributed by atoms with Crippen molar-refractivity contribution in [3.05, 3.63) is 76.9 Å². The Kier molecular flexibility index (Phi) is 6.70. The van der Waals surface area contributed by atoms with E-state index in [0.29, 0.717) is 29.7 Å². The molecule has 190 valence electrons. The van der Waals surface area contributed by atoms with Crippen LogP contribution in [-0.2, 0) is 16.0 Å². The molecule has 2 fully saturated rings. The molecule has 3 heterocycles. The molecule has 3 aliphatic rings. The van der Waals surface area contributed by atoms with Crippen molar-refractivity contribution in [3.63, 3.8) is 0 Å². The third-order valence-electron chi connectivity index (χ3n) is 7.34. The Labute approximate surface area is 220 Å². The maximum Gasteiger partial charge on any atom is 0.259 e. The van der Waals surface area contributed by atoms with Gasteiger partial charge in [-0.05, 0) is 53.6 Å². The lowest BCUT2D eigenvalue weighted by molar-refractivity contribution is -0.134. The summed E-state index contributed by atoms with van der Waals surface area (Å²) < 4.78 is 0. The number of piperazine rings is 1. The lowest BCUT2D eigenvalue weighted by Crippen LogP contribution is -2.53. The molecule has 0 bridgehead atoms. The second-order valence-corrected chi connectivity index (χ2v) is 9.53. The van der Waals surface area contributed by atoms with Crippen LogP contribution in [0.4, 0.5) is 5.69 Å². The van der Waals surface area contributed by atoms with E-state index in [1.54, 1.807) is 11.0 Å². The first-order valence-corrected chi connectivity index (χ1v) is 12.3. The van der Waals surface area contributed by atoms with Gasteiger partial charge >= 0.3 is 0 Å². The van der Waals surface area contributed by atoms with Crippen molar-refractivity contribution in [2.24, 2.45) is 0 Å². The number of nitrogens with zero attached hydrogens (tertiary/aromatic N) is 2. The van der Waals surface area contributed by atoms with Crippen LogP contribution in [0.5, 0.6) is 0 Å². The van der Waals surface area contributed by atoms with Gasteiger partial charge in [-0.25, -0.2) is 0 Å². The standard InChI is InChI=1S/C28H26N4O4.ClH/c33-24-11-10-23(26(34)30-24)32-22-9-8-19(20-2-1-3-21(25(20)22)28(32)36)16-17-4-6-18(7-5-17)27(35)31-14-12-29-13-15-31;/h1-9,23,29H,10-16H2,(H,30,33,34);1H. The van der Waals surface area contributed by atoms with Crippen LogP contribution in [0.1, 0.15) is 44.7 Å². The van der Waals surface area contributed by atoms with Gasteiger partial charge in [-0.15, -0.1) is 12.4 Å². The van der Waals surface area contributed by atoms with E-state index in [9.17, 15) is 19.2 Å². The number of halogens is 1. The lowest BCUT2D eigenvalue weighted by atomic mass is 9.95. The highest BCUT2D eigenvalue weighted by Crippen LogP contribution is 2.41. The Balaban J connectivity index is 0.00000280. The summed E-state index contributed by atoms with van der Waals surface area (Å²) in [5, 5.41) is 7.43. The van der Waals surface area contributed by atoms with Gasteiger partial charge in [-0.3, -0.25) is 29.4 Å². The summed E-state index contributed by atoms with van der Waals surface area (Å²) in [6.45, 7) is 3.07. The number of hydrogen-bond donors (Lipinski definition) is 2. The van der Waals surface area contributed by atoms with Crippen LogP contribution in [0.2, 0.25) is 0 Å². The highest BCUT2D eigenvalue weighted by molar-refractivity contribution is 6.27. The highest BCUT2D eigenvalue weighted by atomic mass is 35.5. The van der Waals surface area contributed by atoms with E-state index in [0.717, 1.165) is 48.1 Å². The molecule has 6 rings (SSSR count). The molecule has 1 unspecified atom stereocenters. The fourth-order valence-electron chi connectivity index (χ4n) is 5.49. The first kappa shape index (κ1) is 24.9. The third kappa shape index (κ3) is 4.36. The van der Waals surface area contributed by atoms with Crippen LogP contribution < -0.4 is 15.5 Å². The summed E-state index contributed by atoms with van der Waals surface area (Å²) in [5.74, 6) is -0.889. The number of anilines is 1. The average Bonchev–Trinajstić information content (AvgIpc) is 3.19. The minimum atomic E-state index is -0.697. The largest absolute Gasteiger partial charge is 0.336 e. The number of carbonyl (C=O) groups excluding carboxylic acids is 4. The molecule has 4 amide bonds. The molecule has 0 aliphatic carbocycles. The monoisotopic (exact) mass is 518 g/mol. The van der Waals surface area contributed by atoms with Gasteiger partial charge in [-0.2, -0.15) is 0 Å². The van der Waals surface area contributed by atoms with E-state index in [-0.39, 0.29) is 36.5 Å². The molecule has 0 spiro atoms. The van der Waals surface area contributed by atoms with Crippen molar-refractivity contribution in [2.75, 3.05) is 31.1 Å². The molecule has 2 saturated heterocycles. The molecular formula is C28H27ClN4O4. The Bertz CT molecular complexity index is 1420. The topological polar surface area (TPSA) is 98.8 Å². The number of rotatable bonds is 4. The highest BCUT2D eigenvalue weighted by Gasteiger charge is 2.40. The summed E-state index contributed by atoms with van der Waals surface area (Å²) in [5.41, 5.74) is 4.10. The minimum absolute atomic E-state index is 0. The van der Waals surface area contributed by atoms with Crippen LogP contribution in [0.3, 0.4) is 0 Å². The maximum atomic E-state index is 13.3. The molecule has 2 N–H and O–H groups in total. The first-order chi connectivity index (χ1) is 17.5. The molecular weight excluding hydrogens is 492 g/mol. The van der Waals surface area contributed by atoms with Gasteiger partial charge in [0, 0.05) is 49.1 Å². The van der Waals surface area contributed by atoms with Gasteiger partial charge in [0.2, 0.25) is 11.8 Å². The number of benzene rings is 3. The Morgan fingerprint density at radius 1 is 0.946 bits per heavy atom. The van der Waals surface area contributed by atoms with E-state index >= 15 is 0 Å². The van der Waals surface area contributed by atoms with Crippen LogP contribution in [-0.4, -0.2) is 60.7 Å². The summed E-state index contributed by atoms with van der Waals surface area (Å²) in [7, 11) is 0. The minimum Gasteiger partial charge on any atom is -0.336 e. The normalized spacial score (nSPS) is 19.1. The summed E-state index contributed by atoms with van der Waals surface area (Å²) in [6, 6.07) is 16.6. The van der Waals surface area contributed by atoms with Crippen LogP contribution >= 0.6 is 12.4 Å². The van der Waals surface area contributed by atoms with E-state index in [1.165, 1.54) is 0 Å². The van der Waals surface area contributed by atoms with Crippen molar-refractivity contribution >= 4 is 52.5 Å². The zero-order chi connectivity index (χ0) is 24.8. The molecule has 9 heteroatoms. The Hall–Kier alpha value is -3.75. The Morgan fingerprint density at radius 3 is 2.43 bits per heavy atom. The number of imide groups is 1. The Morgan fingerprint density at radius 2 is 1.70 bits per heavy atom. The molecule has 37 heavy (non-hydrogen) atoms. The van der Waals surface area contributed by atoms with Gasteiger partial charge in [-0.1, -0.05) is 30.3 Å². The van der Waals surface area contributed by atoms with Gasteiger partial charge in [0.15, 0.2) is 0 Å². The van der Waals surface area contributed by atoms with E-state index in [1.807, 2.05) is 53.4 Å². The van der Waals surface area contributed by atoms with Crippen LogP contribution in [0, 0.1) is 0 Å². The van der Waals surface area contributed by atoms with E-state index < -0.39 is 11.9 Å². The zero-order valence-corrected chi connectivity index (χ0v) is 21.0. The fraction of sp³-hybridized carbons (Fsp3) is 0.286. The molecule has 0 radical (unpaired) electrons. The summed E-state index contributed by atoms with van der Waals surface area (Å²) in [6.07, 6.45) is 1.17. The number of hydrogen-bond acceptors (Lipinski definition) is 5. The first-order valence-electron chi connectivity index (χ1n) is 12.3.